The Bertz CT molecular complexity index is 670. The van der Waals surface area contributed by atoms with Crippen LogP contribution in [-0.2, 0) is 9.59 Å². The van der Waals surface area contributed by atoms with Crippen LogP contribution in [0.3, 0.4) is 0 Å². The highest BCUT2D eigenvalue weighted by atomic mass is 32.2. The lowest BCUT2D eigenvalue weighted by atomic mass is 10.1. The average Bonchev–Trinajstić information content (AvgIpc) is 2.90. The number of nitrogens with zero attached hydrogens (tertiary/aromatic N) is 2. The molecule has 1 aliphatic rings. The van der Waals surface area contributed by atoms with E-state index in [0.29, 0.717) is 17.5 Å². The summed E-state index contributed by atoms with van der Waals surface area (Å²) in [4.78, 5) is 22.3. The maximum Gasteiger partial charge on any atom is 0.305 e. The van der Waals surface area contributed by atoms with E-state index >= 15 is 0 Å². The van der Waals surface area contributed by atoms with Crippen molar-refractivity contribution in [3.8, 4) is 5.75 Å². The van der Waals surface area contributed by atoms with E-state index in [-0.39, 0.29) is 12.3 Å². The molecule has 0 bridgehead atoms. The molecule has 0 aliphatic carbocycles. The van der Waals surface area contributed by atoms with Crippen LogP contribution < -0.4 is 10.1 Å². The number of amides is 1. The highest BCUT2D eigenvalue weighted by molar-refractivity contribution is 8.15. The standard InChI is InChI=1S/C16H19N3O4S/c1-3-8-23-12-6-4-11(5-7-12)10(2)18-19-16-17-15(22)13(24-16)9-14(20)21/h4-7,13H,3,8-9H2,1-2H3,(H,20,21)(H,17,19,22)/t13-/m1/s1. The summed E-state index contributed by atoms with van der Waals surface area (Å²) < 4.78 is 5.52. The molecule has 128 valence electrons. The van der Waals surface area contributed by atoms with Crippen LogP contribution in [0.1, 0.15) is 32.3 Å². The van der Waals surface area contributed by atoms with Gasteiger partial charge < -0.3 is 15.2 Å². The van der Waals surface area contributed by atoms with E-state index in [9.17, 15) is 9.59 Å². The van der Waals surface area contributed by atoms with Crippen molar-refractivity contribution >= 4 is 34.5 Å². The first kappa shape index (κ1) is 18.0. The third-order valence-electron chi connectivity index (χ3n) is 3.17. The van der Waals surface area contributed by atoms with Crippen molar-refractivity contribution in [2.75, 3.05) is 6.61 Å². The van der Waals surface area contributed by atoms with E-state index in [1.165, 1.54) is 0 Å². The quantitative estimate of drug-likeness (QED) is 0.581. The van der Waals surface area contributed by atoms with Crippen LogP contribution in [0.4, 0.5) is 0 Å². The van der Waals surface area contributed by atoms with E-state index in [1.54, 1.807) is 0 Å². The number of hydrogen-bond acceptors (Lipinski definition) is 6. The number of benzene rings is 1. The maximum absolute atomic E-state index is 11.6. The highest BCUT2D eigenvalue weighted by Crippen LogP contribution is 2.22. The SMILES string of the molecule is CCCOc1ccc(C(C)=NN=C2NC(=O)[C@@H](CC(=O)O)S2)cc1. The number of amidine groups is 1. The molecule has 7 nitrogen and oxygen atoms in total. The van der Waals surface area contributed by atoms with Gasteiger partial charge in [-0.1, -0.05) is 18.7 Å². The van der Waals surface area contributed by atoms with E-state index in [0.717, 1.165) is 29.5 Å². The highest BCUT2D eigenvalue weighted by Gasteiger charge is 2.32. The number of carbonyl (C=O) groups is 2. The Labute approximate surface area is 144 Å². The summed E-state index contributed by atoms with van der Waals surface area (Å²) in [5.41, 5.74) is 1.57. The number of carbonyl (C=O) groups excluding carboxylic acids is 1. The van der Waals surface area contributed by atoms with E-state index < -0.39 is 11.2 Å². The molecule has 1 heterocycles. The molecule has 1 atom stereocenters. The monoisotopic (exact) mass is 349 g/mol. The first-order valence-electron chi connectivity index (χ1n) is 7.54. The van der Waals surface area contributed by atoms with Gasteiger partial charge in [0.2, 0.25) is 5.91 Å². The van der Waals surface area contributed by atoms with Crippen LogP contribution in [-0.4, -0.2) is 39.7 Å². The predicted molar refractivity (Wildman–Crippen MR) is 93.6 cm³/mol. The van der Waals surface area contributed by atoms with Crippen LogP contribution >= 0.6 is 11.8 Å². The lowest BCUT2D eigenvalue weighted by Gasteiger charge is -2.05. The fourth-order valence-electron chi connectivity index (χ4n) is 1.94. The zero-order valence-corrected chi connectivity index (χ0v) is 14.3. The van der Waals surface area contributed by atoms with Crippen molar-refractivity contribution in [2.24, 2.45) is 10.2 Å². The lowest BCUT2D eigenvalue weighted by Crippen LogP contribution is -2.26. The second-order valence-electron chi connectivity index (χ2n) is 5.16. The molecule has 1 fully saturated rings. The molecule has 1 saturated heterocycles. The molecule has 8 heteroatoms. The number of thioether (sulfide) groups is 1. The molecular formula is C16H19N3O4S. The van der Waals surface area contributed by atoms with E-state index in [1.807, 2.05) is 38.1 Å². The van der Waals surface area contributed by atoms with Crippen molar-refractivity contribution in [2.45, 2.75) is 31.9 Å². The Kier molecular flexibility index (Phi) is 6.36. The normalized spacial score (nSPS) is 19.4. The van der Waals surface area contributed by atoms with Crippen molar-refractivity contribution in [3.05, 3.63) is 29.8 Å². The molecule has 2 rings (SSSR count). The Hall–Kier alpha value is -2.35. The van der Waals surface area contributed by atoms with Crippen molar-refractivity contribution < 1.29 is 19.4 Å². The molecule has 0 spiro atoms. The summed E-state index contributed by atoms with van der Waals surface area (Å²) in [6.45, 7) is 4.53. The fraction of sp³-hybridized carbons (Fsp3) is 0.375. The van der Waals surface area contributed by atoms with Crippen LogP contribution in [0, 0.1) is 0 Å². The third-order valence-corrected chi connectivity index (χ3v) is 4.24. The first-order valence-corrected chi connectivity index (χ1v) is 8.42. The second kappa shape index (κ2) is 8.49. The van der Waals surface area contributed by atoms with Crippen molar-refractivity contribution in [1.29, 1.82) is 0 Å². The summed E-state index contributed by atoms with van der Waals surface area (Å²) in [6.07, 6.45) is 0.712. The molecule has 1 aromatic carbocycles. The largest absolute Gasteiger partial charge is 0.494 e. The van der Waals surface area contributed by atoms with Gasteiger partial charge in [0, 0.05) is 0 Å². The molecule has 0 unspecified atom stereocenters. The summed E-state index contributed by atoms with van der Waals surface area (Å²) in [5, 5.41) is 19.0. The molecule has 0 aromatic heterocycles. The van der Waals surface area contributed by atoms with Gasteiger partial charge in [0.15, 0.2) is 5.17 Å². The van der Waals surface area contributed by atoms with E-state index in [2.05, 4.69) is 15.5 Å². The number of hydrogen-bond donors (Lipinski definition) is 2. The van der Waals surface area contributed by atoms with Gasteiger partial charge in [0.25, 0.3) is 0 Å². The minimum absolute atomic E-state index is 0.239. The molecular weight excluding hydrogens is 330 g/mol. The molecule has 0 saturated carbocycles. The lowest BCUT2D eigenvalue weighted by molar-refractivity contribution is -0.138. The van der Waals surface area contributed by atoms with Gasteiger partial charge in [-0.2, -0.15) is 5.10 Å². The molecule has 1 amide bonds. The number of rotatable bonds is 7. The van der Waals surface area contributed by atoms with Gasteiger partial charge in [-0.15, -0.1) is 5.10 Å². The maximum atomic E-state index is 11.6. The minimum atomic E-state index is -1.02. The van der Waals surface area contributed by atoms with Gasteiger partial charge in [0.05, 0.1) is 18.7 Å². The zero-order valence-electron chi connectivity index (χ0n) is 13.5. The van der Waals surface area contributed by atoms with Gasteiger partial charge >= 0.3 is 5.97 Å². The van der Waals surface area contributed by atoms with Crippen LogP contribution in [0.25, 0.3) is 0 Å². The number of nitrogens with one attached hydrogen (secondary N) is 1. The predicted octanol–water partition coefficient (Wildman–Crippen LogP) is 2.26. The zero-order chi connectivity index (χ0) is 17.5. The molecule has 24 heavy (non-hydrogen) atoms. The first-order chi connectivity index (χ1) is 11.5. The van der Waals surface area contributed by atoms with Crippen LogP contribution in [0.15, 0.2) is 34.5 Å². The molecule has 2 N–H and O–H groups in total. The minimum Gasteiger partial charge on any atom is -0.494 e. The number of ether oxygens (including phenoxy) is 1. The van der Waals surface area contributed by atoms with Gasteiger partial charge in [0.1, 0.15) is 11.0 Å². The van der Waals surface area contributed by atoms with E-state index in [4.69, 9.17) is 9.84 Å². The Morgan fingerprint density at radius 2 is 2.08 bits per heavy atom. The number of carboxylic acids is 1. The van der Waals surface area contributed by atoms with Crippen molar-refractivity contribution in [1.82, 2.24) is 5.32 Å². The Morgan fingerprint density at radius 3 is 2.71 bits per heavy atom. The Morgan fingerprint density at radius 1 is 1.38 bits per heavy atom. The number of aliphatic carboxylic acids is 1. The summed E-state index contributed by atoms with van der Waals surface area (Å²) in [7, 11) is 0. The van der Waals surface area contributed by atoms with Gasteiger partial charge in [-0.05, 0) is 43.2 Å². The second-order valence-corrected chi connectivity index (χ2v) is 6.35. The molecule has 1 aromatic rings. The average molecular weight is 349 g/mol. The van der Waals surface area contributed by atoms with Crippen molar-refractivity contribution in [3.63, 3.8) is 0 Å². The van der Waals surface area contributed by atoms with Gasteiger partial charge in [-0.25, -0.2) is 0 Å². The summed E-state index contributed by atoms with van der Waals surface area (Å²) >= 11 is 1.08. The summed E-state index contributed by atoms with van der Waals surface area (Å²) in [5.74, 6) is -0.574. The molecule has 0 radical (unpaired) electrons. The van der Waals surface area contributed by atoms with Crippen LogP contribution in [0.2, 0.25) is 0 Å². The van der Waals surface area contributed by atoms with Gasteiger partial charge in [-0.3, -0.25) is 9.59 Å². The fourth-order valence-corrected chi connectivity index (χ4v) is 2.84. The Balaban J connectivity index is 2.00. The van der Waals surface area contributed by atoms with Crippen LogP contribution in [0.5, 0.6) is 5.75 Å². The topological polar surface area (TPSA) is 100 Å². The third kappa shape index (κ3) is 5.09. The number of carboxylic acid groups (broad SMARTS) is 1. The summed E-state index contributed by atoms with van der Waals surface area (Å²) in [6, 6.07) is 7.51. The molecule has 1 aliphatic heterocycles. The smallest absolute Gasteiger partial charge is 0.305 e.